The van der Waals surface area contributed by atoms with Crippen LogP contribution in [0.3, 0.4) is 0 Å². The molecule has 8 heteroatoms. The number of likely N-dealkylation sites (N-methyl/N-ethyl adjacent to an activating group) is 1. The zero-order valence-corrected chi connectivity index (χ0v) is 24.2. The van der Waals surface area contributed by atoms with E-state index in [2.05, 4.69) is 57.7 Å². The summed E-state index contributed by atoms with van der Waals surface area (Å²) in [4.78, 5) is 35.8. The third-order valence-corrected chi connectivity index (χ3v) is 7.86. The average Bonchev–Trinajstić information content (AvgIpc) is 3.37. The molecule has 1 fully saturated rings. The Hall–Kier alpha value is -3.75. The molecule has 0 bridgehead atoms. The lowest BCUT2D eigenvalue weighted by Gasteiger charge is -2.33. The molecule has 1 aromatic carbocycles. The topological polar surface area (TPSA) is 79.7 Å². The number of fused-ring (bicyclic) bond motifs is 1. The summed E-state index contributed by atoms with van der Waals surface area (Å²) in [6.07, 6.45) is 6.25. The van der Waals surface area contributed by atoms with Gasteiger partial charge in [-0.1, -0.05) is 11.6 Å². The lowest BCUT2D eigenvalue weighted by Crippen LogP contribution is -2.44. The lowest BCUT2D eigenvalue weighted by molar-refractivity contribution is -0.115. The Morgan fingerprint density at radius 1 is 1.10 bits per heavy atom. The summed E-state index contributed by atoms with van der Waals surface area (Å²) in [6, 6.07) is 10.5. The van der Waals surface area contributed by atoms with Crippen LogP contribution >= 0.6 is 0 Å². The van der Waals surface area contributed by atoms with Gasteiger partial charge < -0.3 is 24.4 Å². The molecule has 1 N–H and O–H groups in total. The number of carbonyl (C=O) groups excluding carboxylic acids is 2. The van der Waals surface area contributed by atoms with Gasteiger partial charge in [0.25, 0.3) is 5.91 Å². The molecule has 0 spiro atoms. The van der Waals surface area contributed by atoms with Crippen molar-refractivity contribution in [2.24, 2.45) is 0 Å². The van der Waals surface area contributed by atoms with Gasteiger partial charge in [0.05, 0.1) is 6.61 Å². The number of nitrogens with zero attached hydrogens (tertiary/aromatic N) is 4. The summed E-state index contributed by atoms with van der Waals surface area (Å²) in [5, 5.41) is 3.93. The van der Waals surface area contributed by atoms with E-state index in [0.717, 1.165) is 65.2 Å². The smallest absolute Gasteiger partial charge is 0.252 e. The monoisotopic (exact) mass is 541 g/mol. The molecular formula is C32H39N5O3. The molecule has 1 aliphatic carbocycles. The van der Waals surface area contributed by atoms with Crippen LogP contribution < -0.4 is 10.2 Å². The van der Waals surface area contributed by atoms with Crippen molar-refractivity contribution >= 4 is 28.4 Å². The molecule has 3 aromatic rings. The van der Waals surface area contributed by atoms with Crippen LogP contribution in [-0.4, -0.2) is 79.6 Å². The Balaban J connectivity index is 1.50. The summed E-state index contributed by atoms with van der Waals surface area (Å²) in [6.45, 7) is 10.6. The van der Waals surface area contributed by atoms with E-state index < -0.39 is 0 Å². The number of hydrogen-bond acceptors (Lipinski definition) is 6. The Morgan fingerprint density at radius 3 is 2.60 bits per heavy atom. The number of ketones is 1. The fourth-order valence-electron chi connectivity index (χ4n) is 5.61. The number of methoxy groups -OCH3 is 1. The van der Waals surface area contributed by atoms with Gasteiger partial charge in [0.1, 0.15) is 5.82 Å². The molecule has 3 heterocycles. The predicted molar refractivity (Wildman–Crippen MR) is 160 cm³/mol. The number of anilines is 1. The molecule has 0 saturated carbocycles. The molecule has 40 heavy (non-hydrogen) atoms. The molecule has 0 atom stereocenters. The highest BCUT2D eigenvalue weighted by Gasteiger charge is 2.22. The van der Waals surface area contributed by atoms with Gasteiger partial charge in [0, 0.05) is 86.7 Å². The van der Waals surface area contributed by atoms with E-state index in [4.69, 9.17) is 4.74 Å². The van der Waals surface area contributed by atoms with Gasteiger partial charge in [0.15, 0.2) is 5.78 Å². The Morgan fingerprint density at radius 2 is 1.88 bits per heavy atom. The van der Waals surface area contributed by atoms with Crippen LogP contribution in [0, 0.1) is 0 Å². The largest absolute Gasteiger partial charge is 0.380 e. The van der Waals surface area contributed by atoms with Crippen molar-refractivity contribution in [2.45, 2.75) is 33.2 Å². The summed E-state index contributed by atoms with van der Waals surface area (Å²) in [5.41, 5.74) is 6.02. The van der Waals surface area contributed by atoms with Gasteiger partial charge in [-0.3, -0.25) is 9.59 Å². The van der Waals surface area contributed by atoms with Gasteiger partial charge in [-0.2, -0.15) is 0 Å². The van der Waals surface area contributed by atoms with Gasteiger partial charge in [-0.15, -0.1) is 0 Å². The zero-order valence-electron chi connectivity index (χ0n) is 24.2. The number of pyridine rings is 1. The van der Waals surface area contributed by atoms with E-state index in [1.165, 1.54) is 0 Å². The van der Waals surface area contributed by atoms with Crippen molar-refractivity contribution in [3.8, 4) is 11.1 Å². The molecule has 210 valence electrons. The standard InChI is InChI=1S/C32H39N5O3/c1-21(2)37-9-7-26-27(32(39)34-19-28-25(20-40-5)14-22(3)15-30(28)38)16-24(17-29(26)37)23-6-8-33-31(18-23)36-12-10-35(4)11-13-36/h6-9,14,16-18,21H,10-13,15,19-20H2,1-5H3,(H,34,39). The van der Waals surface area contributed by atoms with Gasteiger partial charge >= 0.3 is 0 Å². The maximum Gasteiger partial charge on any atom is 0.252 e. The second-order valence-electron chi connectivity index (χ2n) is 11.2. The average molecular weight is 542 g/mol. The number of carbonyl (C=O) groups is 2. The minimum atomic E-state index is -0.204. The first-order valence-electron chi connectivity index (χ1n) is 14.0. The molecule has 2 aromatic heterocycles. The normalized spacial score (nSPS) is 16.7. The van der Waals surface area contributed by atoms with Crippen LogP contribution in [0.1, 0.15) is 43.6 Å². The third-order valence-electron chi connectivity index (χ3n) is 7.86. The number of amides is 1. The molecular weight excluding hydrogens is 502 g/mol. The van der Waals surface area contributed by atoms with Crippen molar-refractivity contribution in [3.05, 3.63) is 71.1 Å². The lowest BCUT2D eigenvalue weighted by atomic mass is 9.92. The number of ether oxygens (including phenoxy) is 1. The maximum atomic E-state index is 13.7. The summed E-state index contributed by atoms with van der Waals surface area (Å²) >= 11 is 0. The van der Waals surface area contributed by atoms with E-state index in [-0.39, 0.29) is 24.3 Å². The van der Waals surface area contributed by atoms with E-state index in [1.807, 2.05) is 43.6 Å². The van der Waals surface area contributed by atoms with Crippen molar-refractivity contribution in [1.29, 1.82) is 0 Å². The molecule has 1 aliphatic heterocycles. The number of Topliss-reactive ketones (excluding diaryl/α,β-unsaturated/α-hetero) is 1. The summed E-state index contributed by atoms with van der Waals surface area (Å²) in [5.74, 6) is 0.781. The van der Waals surface area contributed by atoms with Crippen LogP contribution in [-0.2, 0) is 9.53 Å². The highest BCUT2D eigenvalue weighted by atomic mass is 16.5. The predicted octanol–water partition coefficient (Wildman–Crippen LogP) is 4.63. The minimum Gasteiger partial charge on any atom is -0.380 e. The van der Waals surface area contributed by atoms with Crippen LogP contribution in [0.4, 0.5) is 5.82 Å². The number of rotatable bonds is 8. The second-order valence-corrected chi connectivity index (χ2v) is 11.2. The van der Waals surface area contributed by atoms with Gasteiger partial charge in [0.2, 0.25) is 0 Å². The number of aromatic nitrogens is 2. The summed E-state index contributed by atoms with van der Waals surface area (Å²) in [7, 11) is 3.75. The van der Waals surface area contributed by atoms with Crippen molar-refractivity contribution in [1.82, 2.24) is 19.8 Å². The molecule has 2 aliphatic rings. The first-order chi connectivity index (χ1) is 19.2. The Bertz CT molecular complexity index is 1490. The van der Waals surface area contributed by atoms with Crippen LogP contribution in [0.5, 0.6) is 0 Å². The van der Waals surface area contributed by atoms with Crippen LogP contribution in [0.25, 0.3) is 22.0 Å². The Kier molecular flexibility index (Phi) is 8.19. The third kappa shape index (κ3) is 5.74. The number of benzene rings is 1. The minimum absolute atomic E-state index is 0.0328. The first-order valence-corrected chi connectivity index (χ1v) is 14.0. The van der Waals surface area contributed by atoms with Crippen molar-refractivity contribution in [2.75, 3.05) is 58.4 Å². The molecule has 8 nitrogen and oxygen atoms in total. The number of nitrogens with one attached hydrogen (secondary N) is 1. The number of piperazine rings is 1. The highest BCUT2D eigenvalue weighted by Crippen LogP contribution is 2.32. The Labute approximate surface area is 236 Å². The van der Waals surface area contributed by atoms with Crippen molar-refractivity contribution < 1.29 is 14.3 Å². The van der Waals surface area contributed by atoms with Gasteiger partial charge in [-0.05, 0) is 74.9 Å². The van der Waals surface area contributed by atoms with Crippen LogP contribution in [0.2, 0.25) is 0 Å². The van der Waals surface area contributed by atoms with E-state index in [0.29, 0.717) is 24.2 Å². The van der Waals surface area contributed by atoms with Crippen LogP contribution in [0.15, 0.2) is 65.5 Å². The molecule has 0 radical (unpaired) electrons. The van der Waals surface area contributed by atoms with E-state index >= 15 is 0 Å². The molecule has 0 unspecified atom stereocenters. The SMILES string of the molecule is COCC1=C(CNC(=O)c2cc(-c3ccnc(N4CCN(C)CC4)c3)cc3c2ccn3C(C)C)C(=O)CC(C)=C1. The van der Waals surface area contributed by atoms with Gasteiger partial charge in [-0.25, -0.2) is 4.98 Å². The molecule has 5 rings (SSSR count). The number of hydrogen-bond donors (Lipinski definition) is 1. The fraction of sp³-hybridized carbons (Fsp3) is 0.406. The zero-order chi connectivity index (χ0) is 28.4. The van der Waals surface area contributed by atoms with Crippen molar-refractivity contribution in [3.63, 3.8) is 0 Å². The highest BCUT2D eigenvalue weighted by molar-refractivity contribution is 6.09. The van der Waals surface area contributed by atoms with E-state index in [9.17, 15) is 9.59 Å². The second kappa shape index (κ2) is 11.8. The summed E-state index contributed by atoms with van der Waals surface area (Å²) < 4.78 is 7.51. The quantitative estimate of drug-likeness (QED) is 0.448. The molecule has 1 amide bonds. The molecule has 1 saturated heterocycles. The fourth-order valence-corrected chi connectivity index (χ4v) is 5.61. The first kappa shape index (κ1) is 27.8. The maximum absolute atomic E-state index is 13.7. The number of allylic oxidation sites excluding steroid dienone is 1. The van der Waals surface area contributed by atoms with E-state index in [1.54, 1.807) is 7.11 Å².